The smallest absolute Gasteiger partial charge is 0.316 e. The SMILES string of the molecule is CCCn1c(SCC(=O)OCc2cc(C(C)=O)ccc2OC)nc2ccccc21. The van der Waals surface area contributed by atoms with E-state index < -0.39 is 0 Å². The molecule has 0 saturated carbocycles. The summed E-state index contributed by atoms with van der Waals surface area (Å²) in [4.78, 5) is 28.5. The first-order valence-corrected chi connectivity index (χ1v) is 10.4. The number of carbonyl (C=O) groups excluding carboxylic acids is 2. The average Bonchev–Trinajstić information content (AvgIpc) is 3.08. The molecule has 7 heteroatoms. The Balaban J connectivity index is 1.65. The van der Waals surface area contributed by atoms with E-state index in [1.807, 2.05) is 24.3 Å². The molecule has 3 aromatic rings. The zero-order valence-corrected chi connectivity index (χ0v) is 17.6. The number of hydrogen-bond donors (Lipinski definition) is 0. The fourth-order valence-electron chi connectivity index (χ4n) is 3.04. The van der Waals surface area contributed by atoms with Crippen molar-refractivity contribution in [1.29, 1.82) is 0 Å². The van der Waals surface area contributed by atoms with E-state index in [4.69, 9.17) is 9.47 Å². The summed E-state index contributed by atoms with van der Waals surface area (Å²) in [6.07, 6.45) is 0.977. The Morgan fingerprint density at radius 2 is 1.97 bits per heavy atom. The van der Waals surface area contributed by atoms with Crippen LogP contribution < -0.4 is 4.74 Å². The third-order valence-electron chi connectivity index (χ3n) is 4.46. The molecule has 0 spiro atoms. The van der Waals surface area contributed by atoms with Crippen LogP contribution >= 0.6 is 11.8 Å². The molecule has 3 rings (SSSR count). The van der Waals surface area contributed by atoms with Gasteiger partial charge in [0.2, 0.25) is 0 Å². The van der Waals surface area contributed by atoms with Gasteiger partial charge in [-0.3, -0.25) is 9.59 Å². The quantitative estimate of drug-likeness (QED) is 0.293. The van der Waals surface area contributed by atoms with Crippen molar-refractivity contribution >= 4 is 34.5 Å². The van der Waals surface area contributed by atoms with Gasteiger partial charge < -0.3 is 14.0 Å². The normalized spacial score (nSPS) is 10.9. The van der Waals surface area contributed by atoms with Crippen LogP contribution in [0.25, 0.3) is 11.0 Å². The predicted molar refractivity (Wildman–Crippen MR) is 114 cm³/mol. The molecule has 6 nitrogen and oxygen atoms in total. The molecule has 0 aliphatic rings. The molecule has 0 bridgehead atoms. The monoisotopic (exact) mass is 412 g/mol. The molecule has 0 fully saturated rings. The molecular formula is C22H24N2O4S. The fourth-order valence-corrected chi connectivity index (χ4v) is 3.88. The van der Waals surface area contributed by atoms with E-state index in [-0.39, 0.29) is 24.1 Å². The van der Waals surface area contributed by atoms with Gasteiger partial charge >= 0.3 is 5.97 Å². The summed E-state index contributed by atoms with van der Waals surface area (Å²) in [6.45, 7) is 4.50. The highest BCUT2D eigenvalue weighted by atomic mass is 32.2. The molecule has 1 aromatic heterocycles. The number of fused-ring (bicyclic) bond motifs is 1. The Morgan fingerprint density at radius 1 is 1.17 bits per heavy atom. The van der Waals surface area contributed by atoms with Crippen LogP contribution in [-0.4, -0.2) is 34.2 Å². The Morgan fingerprint density at radius 3 is 2.69 bits per heavy atom. The van der Waals surface area contributed by atoms with Crippen LogP contribution in [0.15, 0.2) is 47.6 Å². The maximum absolute atomic E-state index is 12.3. The number of aryl methyl sites for hydroxylation is 1. The lowest BCUT2D eigenvalue weighted by Crippen LogP contribution is -2.09. The Labute approximate surface area is 174 Å². The number of ether oxygens (including phenoxy) is 2. The minimum absolute atomic E-state index is 0.0504. The van der Waals surface area contributed by atoms with E-state index in [0.29, 0.717) is 16.9 Å². The number of ketones is 1. The van der Waals surface area contributed by atoms with E-state index >= 15 is 0 Å². The van der Waals surface area contributed by atoms with Gasteiger partial charge in [-0.05, 0) is 43.7 Å². The van der Waals surface area contributed by atoms with Crippen LogP contribution in [0.4, 0.5) is 0 Å². The van der Waals surface area contributed by atoms with E-state index in [1.165, 1.54) is 18.7 Å². The minimum atomic E-state index is -0.347. The third kappa shape index (κ3) is 4.98. The Hall–Kier alpha value is -2.80. The molecule has 0 atom stereocenters. The second kappa shape index (κ2) is 9.60. The van der Waals surface area contributed by atoms with E-state index in [1.54, 1.807) is 25.3 Å². The second-order valence-electron chi connectivity index (χ2n) is 6.57. The Kier molecular flexibility index (Phi) is 6.93. The van der Waals surface area contributed by atoms with Crippen molar-refractivity contribution in [1.82, 2.24) is 9.55 Å². The molecule has 0 saturated heterocycles. The number of esters is 1. The van der Waals surface area contributed by atoms with Gasteiger partial charge in [-0.25, -0.2) is 4.98 Å². The van der Waals surface area contributed by atoms with Crippen molar-refractivity contribution in [3.05, 3.63) is 53.6 Å². The van der Waals surface area contributed by atoms with Crippen molar-refractivity contribution < 1.29 is 19.1 Å². The van der Waals surface area contributed by atoms with Crippen LogP contribution in [0.3, 0.4) is 0 Å². The van der Waals surface area contributed by atoms with Crippen molar-refractivity contribution in [3.63, 3.8) is 0 Å². The molecule has 0 N–H and O–H groups in total. The van der Waals surface area contributed by atoms with Crippen LogP contribution in [0.1, 0.15) is 36.2 Å². The molecule has 152 valence electrons. The summed E-state index contributed by atoms with van der Waals surface area (Å²) in [5.41, 5.74) is 3.20. The molecule has 1 heterocycles. The molecule has 29 heavy (non-hydrogen) atoms. The highest BCUT2D eigenvalue weighted by Gasteiger charge is 2.14. The lowest BCUT2D eigenvalue weighted by Gasteiger charge is -2.11. The predicted octanol–water partition coefficient (Wildman–Crippen LogP) is 4.49. The number of thioether (sulfide) groups is 1. The lowest BCUT2D eigenvalue weighted by atomic mass is 10.1. The average molecular weight is 413 g/mol. The van der Waals surface area contributed by atoms with Gasteiger partial charge in [0.25, 0.3) is 0 Å². The zero-order valence-electron chi connectivity index (χ0n) is 16.8. The minimum Gasteiger partial charge on any atom is -0.496 e. The number of para-hydroxylation sites is 2. The van der Waals surface area contributed by atoms with Gasteiger partial charge in [-0.1, -0.05) is 30.8 Å². The van der Waals surface area contributed by atoms with Crippen LogP contribution in [0, 0.1) is 0 Å². The standard InChI is InChI=1S/C22H24N2O4S/c1-4-11-24-19-8-6-5-7-18(19)23-22(24)29-14-21(26)28-13-17-12-16(15(2)25)9-10-20(17)27-3/h5-10,12H,4,11,13-14H2,1-3H3. The number of aromatic nitrogens is 2. The van der Waals surface area contributed by atoms with Crippen LogP contribution in [-0.2, 0) is 22.7 Å². The highest BCUT2D eigenvalue weighted by molar-refractivity contribution is 7.99. The van der Waals surface area contributed by atoms with Gasteiger partial charge in [0, 0.05) is 17.7 Å². The van der Waals surface area contributed by atoms with Gasteiger partial charge in [0.05, 0.1) is 23.9 Å². The zero-order chi connectivity index (χ0) is 20.8. The summed E-state index contributed by atoms with van der Waals surface area (Å²) >= 11 is 1.37. The second-order valence-corrected chi connectivity index (χ2v) is 7.51. The van der Waals surface area contributed by atoms with Gasteiger partial charge in [0.15, 0.2) is 10.9 Å². The number of rotatable bonds is 9. The summed E-state index contributed by atoms with van der Waals surface area (Å²) in [5.74, 6) is 0.341. The summed E-state index contributed by atoms with van der Waals surface area (Å²) in [6, 6.07) is 13.1. The van der Waals surface area contributed by atoms with Crippen molar-refractivity contribution in [2.75, 3.05) is 12.9 Å². The van der Waals surface area contributed by atoms with E-state index in [0.717, 1.165) is 29.2 Å². The van der Waals surface area contributed by atoms with Crippen molar-refractivity contribution in [2.45, 2.75) is 38.6 Å². The molecule has 0 unspecified atom stereocenters. The molecular weight excluding hydrogens is 388 g/mol. The Bertz CT molecular complexity index is 1030. The third-order valence-corrected chi connectivity index (χ3v) is 5.41. The molecule has 2 aromatic carbocycles. The highest BCUT2D eigenvalue weighted by Crippen LogP contribution is 2.25. The molecule has 0 radical (unpaired) electrons. The van der Waals surface area contributed by atoms with Crippen molar-refractivity contribution in [3.8, 4) is 5.75 Å². The van der Waals surface area contributed by atoms with Gasteiger partial charge in [-0.2, -0.15) is 0 Å². The lowest BCUT2D eigenvalue weighted by molar-refractivity contribution is -0.141. The number of imidazole rings is 1. The number of methoxy groups -OCH3 is 1. The first-order chi connectivity index (χ1) is 14.0. The maximum atomic E-state index is 12.3. The molecule has 0 aliphatic heterocycles. The van der Waals surface area contributed by atoms with Gasteiger partial charge in [0.1, 0.15) is 12.4 Å². The number of hydrogen-bond acceptors (Lipinski definition) is 6. The number of carbonyl (C=O) groups is 2. The summed E-state index contributed by atoms with van der Waals surface area (Å²) < 4.78 is 12.8. The number of nitrogens with zero attached hydrogens (tertiary/aromatic N) is 2. The van der Waals surface area contributed by atoms with Gasteiger partial charge in [-0.15, -0.1) is 0 Å². The first-order valence-electron chi connectivity index (χ1n) is 9.45. The topological polar surface area (TPSA) is 70.4 Å². The van der Waals surface area contributed by atoms with E-state index in [9.17, 15) is 9.59 Å². The van der Waals surface area contributed by atoms with E-state index in [2.05, 4.69) is 16.5 Å². The largest absolute Gasteiger partial charge is 0.496 e. The molecule has 0 amide bonds. The summed E-state index contributed by atoms with van der Waals surface area (Å²) in [5, 5.41) is 0.807. The number of Topliss-reactive ketones (excluding diaryl/α,β-unsaturated/α-hetero) is 1. The van der Waals surface area contributed by atoms with Crippen LogP contribution in [0.5, 0.6) is 5.75 Å². The number of benzene rings is 2. The van der Waals surface area contributed by atoms with Crippen LogP contribution in [0.2, 0.25) is 0 Å². The fraction of sp³-hybridized carbons (Fsp3) is 0.318. The van der Waals surface area contributed by atoms with Crippen molar-refractivity contribution in [2.24, 2.45) is 0 Å². The summed E-state index contributed by atoms with van der Waals surface area (Å²) in [7, 11) is 1.54. The maximum Gasteiger partial charge on any atom is 0.316 e. The first kappa shape index (κ1) is 20.9. The molecule has 0 aliphatic carbocycles.